The third-order valence-electron chi connectivity index (χ3n) is 3.79. The molecule has 1 amide bonds. The molecule has 5 heteroatoms. The lowest BCUT2D eigenvalue weighted by Gasteiger charge is -2.14. The number of amides is 1. The molecule has 1 aliphatic rings. The Morgan fingerprint density at radius 3 is 2.86 bits per heavy atom. The Kier molecular flexibility index (Phi) is 5.99. The molecule has 0 bridgehead atoms. The van der Waals surface area contributed by atoms with Crippen molar-refractivity contribution in [2.45, 2.75) is 38.1 Å². The highest BCUT2D eigenvalue weighted by Crippen LogP contribution is 2.22. The number of carbonyl (C=O) groups excluding carboxylic acids is 1. The number of nitrogens with zero attached hydrogens (tertiary/aromatic N) is 2. The standard InChI is InChI=1S/C16H26N4O/c1-20(2)11-5-9-18-16(21)15-12-14(8-10-17-15)19-13-6-3-4-7-13/h8,10,12-13H,3-7,9,11H2,1-2H3,(H,17,19)(H,18,21). The lowest BCUT2D eigenvalue weighted by Crippen LogP contribution is -2.28. The van der Waals surface area contributed by atoms with E-state index in [0.717, 1.165) is 18.7 Å². The van der Waals surface area contributed by atoms with Crippen LogP contribution in [0.2, 0.25) is 0 Å². The maximum atomic E-state index is 12.1. The normalized spacial score (nSPS) is 15.4. The first-order chi connectivity index (χ1) is 10.1. The van der Waals surface area contributed by atoms with Crippen molar-refractivity contribution in [2.24, 2.45) is 0 Å². The van der Waals surface area contributed by atoms with Gasteiger partial charge in [-0.2, -0.15) is 0 Å². The molecule has 2 rings (SSSR count). The summed E-state index contributed by atoms with van der Waals surface area (Å²) >= 11 is 0. The van der Waals surface area contributed by atoms with Crippen LogP contribution in [0, 0.1) is 0 Å². The molecule has 0 aromatic carbocycles. The molecule has 1 aromatic heterocycles. The Morgan fingerprint density at radius 1 is 1.38 bits per heavy atom. The van der Waals surface area contributed by atoms with Gasteiger partial charge in [-0.15, -0.1) is 0 Å². The van der Waals surface area contributed by atoms with Gasteiger partial charge in [-0.05, 0) is 52.0 Å². The van der Waals surface area contributed by atoms with Gasteiger partial charge in [-0.25, -0.2) is 0 Å². The monoisotopic (exact) mass is 290 g/mol. The predicted octanol–water partition coefficient (Wildman–Crippen LogP) is 2.12. The second-order valence-corrected chi connectivity index (χ2v) is 5.97. The molecule has 0 aliphatic heterocycles. The van der Waals surface area contributed by atoms with Crippen LogP contribution in [0.15, 0.2) is 18.3 Å². The number of carbonyl (C=O) groups is 1. The molecule has 0 unspecified atom stereocenters. The minimum atomic E-state index is -0.0937. The van der Waals surface area contributed by atoms with E-state index in [2.05, 4.69) is 20.5 Å². The lowest BCUT2D eigenvalue weighted by atomic mass is 10.2. The molecule has 1 heterocycles. The Bertz CT molecular complexity index is 455. The number of nitrogens with one attached hydrogen (secondary N) is 2. The summed E-state index contributed by atoms with van der Waals surface area (Å²) in [6.45, 7) is 1.65. The third-order valence-corrected chi connectivity index (χ3v) is 3.79. The van der Waals surface area contributed by atoms with E-state index < -0.39 is 0 Å². The average Bonchev–Trinajstić information content (AvgIpc) is 2.96. The first kappa shape index (κ1) is 15.8. The van der Waals surface area contributed by atoms with Gasteiger partial charge >= 0.3 is 0 Å². The fourth-order valence-electron chi connectivity index (χ4n) is 2.64. The van der Waals surface area contributed by atoms with Crippen LogP contribution in [-0.2, 0) is 0 Å². The number of rotatable bonds is 7. The van der Waals surface area contributed by atoms with Gasteiger partial charge in [0.1, 0.15) is 5.69 Å². The molecule has 1 fully saturated rings. The predicted molar refractivity (Wildman–Crippen MR) is 85.6 cm³/mol. The van der Waals surface area contributed by atoms with E-state index in [4.69, 9.17) is 0 Å². The first-order valence-electron chi connectivity index (χ1n) is 7.80. The van der Waals surface area contributed by atoms with Crippen molar-refractivity contribution < 1.29 is 4.79 Å². The molecule has 0 atom stereocenters. The van der Waals surface area contributed by atoms with Crippen LogP contribution in [0.25, 0.3) is 0 Å². The molecule has 2 N–H and O–H groups in total. The van der Waals surface area contributed by atoms with E-state index in [0.29, 0.717) is 18.3 Å². The lowest BCUT2D eigenvalue weighted by molar-refractivity contribution is 0.0947. The fourth-order valence-corrected chi connectivity index (χ4v) is 2.64. The number of hydrogen-bond donors (Lipinski definition) is 2. The molecule has 0 saturated heterocycles. The van der Waals surface area contributed by atoms with Crippen LogP contribution in [0.5, 0.6) is 0 Å². The maximum Gasteiger partial charge on any atom is 0.269 e. The minimum absolute atomic E-state index is 0.0937. The Balaban J connectivity index is 1.82. The number of anilines is 1. The van der Waals surface area contributed by atoms with Crippen LogP contribution in [0.4, 0.5) is 5.69 Å². The van der Waals surface area contributed by atoms with Crippen molar-refractivity contribution in [2.75, 3.05) is 32.5 Å². The Hall–Kier alpha value is -1.62. The van der Waals surface area contributed by atoms with Gasteiger partial charge in [0.2, 0.25) is 0 Å². The van der Waals surface area contributed by atoms with Crippen molar-refractivity contribution >= 4 is 11.6 Å². The summed E-state index contributed by atoms with van der Waals surface area (Å²) in [4.78, 5) is 18.3. The zero-order valence-corrected chi connectivity index (χ0v) is 13.1. The van der Waals surface area contributed by atoms with Crippen LogP contribution in [0.1, 0.15) is 42.6 Å². The maximum absolute atomic E-state index is 12.1. The molecule has 21 heavy (non-hydrogen) atoms. The molecular weight excluding hydrogens is 264 g/mol. The summed E-state index contributed by atoms with van der Waals surface area (Å²) in [6, 6.07) is 4.32. The van der Waals surface area contributed by atoms with E-state index in [9.17, 15) is 4.79 Å². The van der Waals surface area contributed by atoms with Gasteiger partial charge in [0.25, 0.3) is 5.91 Å². The molecule has 0 radical (unpaired) electrons. The second-order valence-electron chi connectivity index (χ2n) is 5.97. The summed E-state index contributed by atoms with van der Waals surface area (Å²) in [5, 5.41) is 6.41. The highest BCUT2D eigenvalue weighted by Gasteiger charge is 2.15. The van der Waals surface area contributed by atoms with Crippen LogP contribution < -0.4 is 10.6 Å². The second kappa shape index (κ2) is 7.98. The van der Waals surface area contributed by atoms with Crippen molar-refractivity contribution in [3.05, 3.63) is 24.0 Å². The summed E-state index contributed by atoms with van der Waals surface area (Å²) in [5.74, 6) is -0.0937. The zero-order chi connectivity index (χ0) is 15.1. The highest BCUT2D eigenvalue weighted by atomic mass is 16.1. The topological polar surface area (TPSA) is 57.3 Å². The summed E-state index contributed by atoms with van der Waals surface area (Å²) in [6.07, 6.45) is 7.66. The first-order valence-corrected chi connectivity index (χ1v) is 7.80. The van der Waals surface area contributed by atoms with E-state index >= 15 is 0 Å². The Morgan fingerprint density at radius 2 is 2.14 bits per heavy atom. The molecular formula is C16H26N4O. The molecule has 5 nitrogen and oxygen atoms in total. The smallest absolute Gasteiger partial charge is 0.269 e. The van der Waals surface area contributed by atoms with Crippen LogP contribution >= 0.6 is 0 Å². The number of pyridine rings is 1. The zero-order valence-electron chi connectivity index (χ0n) is 13.1. The fraction of sp³-hybridized carbons (Fsp3) is 0.625. The van der Waals surface area contributed by atoms with E-state index in [1.54, 1.807) is 6.20 Å². The molecule has 1 saturated carbocycles. The van der Waals surface area contributed by atoms with Crippen molar-refractivity contribution in [1.82, 2.24) is 15.2 Å². The van der Waals surface area contributed by atoms with E-state index in [1.807, 2.05) is 26.2 Å². The van der Waals surface area contributed by atoms with Gasteiger partial charge in [-0.3, -0.25) is 9.78 Å². The van der Waals surface area contributed by atoms with Gasteiger partial charge in [0.15, 0.2) is 0 Å². The molecule has 116 valence electrons. The summed E-state index contributed by atoms with van der Waals surface area (Å²) in [7, 11) is 4.06. The van der Waals surface area contributed by atoms with Gasteiger partial charge in [-0.1, -0.05) is 12.8 Å². The SMILES string of the molecule is CN(C)CCCNC(=O)c1cc(NC2CCCC2)ccn1. The van der Waals surface area contributed by atoms with E-state index in [1.165, 1.54) is 25.7 Å². The van der Waals surface area contributed by atoms with Crippen molar-refractivity contribution in [3.63, 3.8) is 0 Å². The van der Waals surface area contributed by atoms with Crippen LogP contribution in [-0.4, -0.2) is 49.0 Å². The van der Waals surface area contributed by atoms with E-state index in [-0.39, 0.29) is 5.91 Å². The van der Waals surface area contributed by atoms with Gasteiger partial charge in [0.05, 0.1) is 0 Å². The van der Waals surface area contributed by atoms with Crippen molar-refractivity contribution in [3.8, 4) is 0 Å². The van der Waals surface area contributed by atoms with Crippen LogP contribution in [0.3, 0.4) is 0 Å². The molecule has 1 aliphatic carbocycles. The summed E-state index contributed by atoms with van der Waals surface area (Å²) in [5.41, 5.74) is 1.48. The highest BCUT2D eigenvalue weighted by molar-refractivity contribution is 5.93. The van der Waals surface area contributed by atoms with Gasteiger partial charge < -0.3 is 15.5 Å². The largest absolute Gasteiger partial charge is 0.382 e. The van der Waals surface area contributed by atoms with Crippen molar-refractivity contribution in [1.29, 1.82) is 0 Å². The minimum Gasteiger partial charge on any atom is -0.382 e. The van der Waals surface area contributed by atoms with Gasteiger partial charge in [0, 0.05) is 24.5 Å². The third kappa shape index (κ3) is 5.34. The average molecular weight is 290 g/mol. The summed E-state index contributed by atoms with van der Waals surface area (Å²) < 4.78 is 0. The molecule has 1 aromatic rings. The Labute approximate surface area is 127 Å². The quantitative estimate of drug-likeness (QED) is 0.755. The number of hydrogen-bond acceptors (Lipinski definition) is 4. The molecule has 0 spiro atoms. The number of aromatic nitrogens is 1.